The number of hydrogen-bond acceptors (Lipinski definition) is 0. The van der Waals surface area contributed by atoms with Gasteiger partial charge in [-0.1, -0.05) is 64.5 Å². The van der Waals surface area contributed by atoms with E-state index < -0.39 is 0 Å². The molecule has 0 aromatic rings. The number of unbranched alkanes of at least 4 members (excludes halogenated alkanes) is 3. The zero-order valence-corrected chi connectivity index (χ0v) is 12.2. The Bertz CT molecular complexity index is 178. The predicted molar refractivity (Wildman–Crippen MR) is 75.8 cm³/mol. The Labute approximate surface area is 104 Å². The average molecular weight is 224 g/mol. The normalized spacial score (nSPS) is 16.2. The Morgan fingerprint density at radius 3 is 2.06 bits per heavy atom. The SMILES string of the molecule is CC=C(C)C(C)C(CCCC)CCCCC. The summed E-state index contributed by atoms with van der Waals surface area (Å²) in [6.07, 6.45) is 12.1. The molecule has 0 aliphatic rings. The van der Waals surface area contributed by atoms with Gasteiger partial charge in [-0.25, -0.2) is 0 Å². The first-order valence-corrected chi connectivity index (χ1v) is 7.30. The second-order valence-corrected chi connectivity index (χ2v) is 5.22. The molecule has 2 atom stereocenters. The van der Waals surface area contributed by atoms with Gasteiger partial charge in [0.15, 0.2) is 0 Å². The van der Waals surface area contributed by atoms with Gasteiger partial charge in [0, 0.05) is 0 Å². The minimum absolute atomic E-state index is 0.786. The number of rotatable bonds is 9. The Kier molecular flexibility index (Phi) is 9.77. The maximum absolute atomic E-state index is 2.42. The lowest BCUT2D eigenvalue weighted by atomic mass is 9.81. The average Bonchev–Trinajstić information content (AvgIpc) is 2.31. The summed E-state index contributed by atoms with van der Waals surface area (Å²) in [4.78, 5) is 0. The van der Waals surface area contributed by atoms with Crippen molar-refractivity contribution >= 4 is 0 Å². The lowest BCUT2D eigenvalue weighted by Crippen LogP contribution is -2.13. The molecule has 0 amide bonds. The molecule has 0 saturated carbocycles. The summed E-state index contributed by atoms with van der Waals surface area (Å²) in [5.74, 6) is 1.70. The van der Waals surface area contributed by atoms with Crippen molar-refractivity contribution in [3.8, 4) is 0 Å². The third-order valence-electron chi connectivity index (χ3n) is 3.99. The summed E-state index contributed by atoms with van der Waals surface area (Å²) in [5.41, 5.74) is 1.58. The van der Waals surface area contributed by atoms with Crippen molar-refractivity contribution in [3.05, 3.63) is 11.6 Å². The molecule has 0 aliphatic heterocycles. The van der Waals surface area contributed by atoms with Gasteiger partial charge in [-0.3, -0.25) is 0 Å². The summed E-state index contributed by atoms with van der Waals surface area (Å²) in [6, 6.07) is 0. The highest BCUT2D eigenvalue weighted by molar-refractivity contribution is 5.02. The van der Waals surface area contributed by atoms with Gasteiger partial charge in [-0.2, -0.15) is 0 Å². The first-order valence-electron chi connectivity index (χ1n) is 7.30. The van der Waals surface area contributed by atoms with Crippen LogP contribution in [0.1, 0.15) is 79.6 Å². The molecule has 0 N–H and O–H groups in total. The van der Waals surface area contributed by atoms with Crippen LogP contribution in [0.25, 0.3) is 0 Å². The van der Waals surface area contributed by atoms with Gasteiger partial charge < -0.3 is 0 Å². The van der Waals surface area contributed by atoms with Crippen LogP contribution in [0, 0.1) is 11.8 Å². The molecular formula is C16H32. The van der Waals surface area contributed by atoms with Crippen molar-refractivity contribution in [2.75, 3.05) is 0 Å². The highest BCUT2D eigenvalue weighted by Gasteiger charge is 2.17. The molecule has 0 aromatic heterocycles. The van der Waals surface area contributed by atoms with Crippen LogP contribution in [0.3, 0.4) is 0 Å². The highest BCUT2D eigenvalue weighted by atomic mass is 14.2. The van der Waals surface area contributed by atoms with Gasteiger partial charge in [-0.15, -0.1) is 0 Å². The second-order valence-electron chi connectivity index (χ2n) is 5.22. The number of allylic oxidation sites excluding steroid dienone is 2. The Morgan fingerprint density at radius 2 is 1.56 bits per heavy atom. The van der Waals surface area contributed by atoms with Gasteiger partial charge in [0.2, 0.25) is 0 Å². The molecule has 0 radical (unpaired) electrons. The van der Waals surface area contributed by atoms with Crippen LogP contribution in [-0.4, -0.2) is 0 Å². The smallest absolute Gasteiger partial charge is 0.0206 e. The predicted octanol–water partition coefficient (Wildman–Crippen LogP) is 5.98. The summed E-state index contributed by atoms with van der Waals surface area (Å²) in [7, 11) is 0. The molecule has 0 nitrogen and oxygen atoms in total. The largest absolute Gasteiger partial charge is 0.0885 e. The summed E-state index contributed by atoms with van der Waals surface area (Å²) < 4.78 is 0. The molecule has 0 spiro atoms. The number of hydrogen-bond donors (Lipinski definition) is 0. The van der Waals surface area contributed by atoms with Crippen molar-refractivity contribution < 1.29 is 0 Å². The molecular weight excluding hydrogens is 192 g/mol. The van der Waals surface area contributed by atoms with Gasteiger partial charge in [0.05, 0.1) is 0 Å². The zero-order chi connectivity index (χ0) is 12.4. The van der Waals surface area contributed by atoms with E-state index in [4.69, 9.17) is 0 Å². The van der Waals surface area contributed by atoms with E-state index in [0.29, 0.717) is 0 Å². The molecule has 96 valence electrons. The quantitative estimate of drug-likeness (QED) is 0.334. The Hall–Kier alpha value is -0.260. The van der Waals surface area contributed by atoms with E-state index in [9.17, 15) is 0 Å². The van der Waals surface area contributed by atoms with Crippen LogP contribution in [-0.2, 0) is 0 Å². The first kappa shape index (κ1) is 15.7. The van der Waals surface area contributed by atoms with Crippen molar-refractivity contribution in [2.45, 2.75) is 79.6 Å². The van der Waals surface area contributed by atoms with Crippen LogP contribution in [0.5, 0.6) is 0 Å². The van der Waals surface area contributed by atoms with Gasteiger partial charge >= 0.3 is 0 Å². The zero-order valence-electron chi connectivity index (χ0n) is 12.2. The van der Waals surface area contributed by atoms with E-state index in [1.54, 1.807) is 5.57 Å². The second kappa shape index (κ2) is 9.93. The standard InChI is InChI=1S/C16H32/c1-6-9-11-13-16(12-10-7-2)15(5)14(4)8-3/h8,15-16H,6-7,9-13H2,1-5H3. The molecule has 0 saturated heterocycles. The molecule has 0 fully saturated rings. The van der Waals surface area contributed by atoms with E-state index in [1.807, 2.05) is 0 Å². The molecule has 0 heterocycles. The van der Waals surface area contributed by atoms with Crippen LogP contribution in [0.15, 0.2) is 11.6 Å². The molecule has 0 heteroatoms. The highest BCUT2D eigenvalue weighted by Crippen LogP contribution is 2.29. The lowest BCUT2D eigenvalue weighted by Gasteiger charge is -2.25. The van der Waals surface area contributed by atoms with Crippen LogP contribution in [0.4, 0.5) is 0 Å². The first-order chi connectivity index (χ1) is 7.67. The van der Waals surface area contributed by atoms with Gasteiger partial charge in [0.25, 0.3) is 0 Å². The maximum atomic E-state index is 2.42. The van der Waals surface area contributed by atoms with Crippen molar-refractivity contribution in [2.24, 2.45) is 11.8 Å². The molecule has 0 aromatic carbocycles. The Balaban J connectivity index is 4.17. The molecule has 0 aliphatic carbocycles. The van der Waals surface area contributed by atoms with Crippen LogP contribution < -0.4 is 0 Å². The molecule has 0 rings (SSSR count). The minimum atomic E-state index is 0.786. The minimum Gasteiger partial charge on any atom is -0.0885 e. The summed E-state index contributed by atoms with van der Waals surface area (Å²) >= 11 is 0. The maximum Gasteiger partial charge on any atom is -0.0206 e. The van der Waals surface area contributed by atoms with E-state index in [2.05, 4.69) is 40.7 Å². The van der Waals surface area contributed by atoms with E-state index in [0.717, 1.165) is 11.8 Å². The molecule has 0 bridgehead atoms. The molecule has 2 unspecified atom stereocenters. The van der Waals surface area contributed by atoms with E-state index in [1.165, 1.54) is 44.9 Å². The molecule has 16 heavy (non-hydrogen) atoms. The van der Waals surface area contributed by atoms with Crippen LogP contribution >= 0.6 is 0 Å². The summed E-state index contributed by atoms with van der Waals surface area (Å²) in [6.45, 7) is 11.5. The lowest BCUT2D eigenvalue weighted by molar-refractivity contribution is 0.331. The van der Waals surface area contributed by atoms with Gasteiger partial charge in [-0.05, 0) is 38.5 Å². The topological polar surface area (TPSA) is 0 Å². The van der Waals surface area contributed by atoms with E-state index in [-0.39, 0.29) is 0 Å². The van der Waals surface area contributed by atoms with Gasteiger partial charge in [0.1, 0.15) is 0 Å². The fourth-order valence-electron chi connectivity index (χ4n) is 2.40. The van der Waals surface area contributed by atoms with Crippen molar-refractivity contribution in [3.63, 3.8) is 0 Å². The fraction of sp³-hybridized carbons (Fsp3) is 0.875. The third-order valence-corrected chi connectivity index (χ3v) is 3.99. The summed E-state index contributed by atoms with van der Waals surface area (Å²) in [5, 5.41) is 0. The monoisotopic (exact) mass is 224 g/mol. The van der Waals surface area contributed by atoms with Crippen molar-refractivity contribution in [1.82, 2.24) is 0 Å². The van der Waals surface area contributed by atoms with E-state index >= 15 is 0 Å². The Morgan fingerprint density at radius 1 is 1.00 bits per heavy atom. The van der Waals surface area contributed by atoms with Crippen LogP contribution in [0.2, 0.25) is 0 Å². The third kappa shape index (κ3) is 6.35. The fourth-order valence-corrected chi connectivity index (χ4v) is 2.40. The van der Waals surface area contributed by atoms with Crippen molar-refractivity contribution in [1.29, 1.82) is 0 Å².